The highest BCUT2D eigenvalue weighted by atomic mass is 35.5. The molecule has 0 radical (unpaired) electrons. The van der Waals surface area contributed by atoms with E-state index >= 15 is 0 Å². The minimum absolute atomic E-state index is 0.00769. The quantitative estimate of drug-likeness (QED) is 0.530. The van der Waals surface area contributed by atoms with Gasteiger partial charge in [-0.1, -0.05) is 48.9 Å². The van der Waals surface area contributed by atoms with E-state index in [1.165, 1.54) is 11.8 Å². The Hall–Kier alpha value is -1.11. The molecule has 4 nitrogen and oxygen atoms in total. The van der Waals surface area contributed by atoms with Gasteiger partial charge < -0.3 is 5.32 Å². The summed E-state index contributed by atoms with van der Waals surface area (Å²) in [4.78, 5) is 25.7. The topological polar surface area (TPSA) is 49.4 Å². The van der Waals surface area contributed by atoms with Crippen LogP contribution in [0.5, 0.6) is 0 Å². The average Bonchev–Trinajstić information content (AvgIpc) is 2.83. The third-order valence-corrected chi connectivity index (χ3v) is 5.79. The fourth-order valence-electron chi connectivity index (χ4n) is 2.45. The molecule has 1 saturated heterocycles. The summed E-state index contributed by atoms with van der Waals surface area (Å²) in [6.07, 6.45) is 3.82. The lowest BCUT2D eigenvalue weighted by Gasteiger charge is -2.15. The summed E-state index contributed by atoms with van der Waals surface area (Å²) in [7, 11) is 0. The second-order valence-corrected chi connectivity index (χ2v) is 7.91. The van der Waals surface area contributed by atoms with Crippen LogP contribution in [0.4, 0.5) is 5.69 Å². The largest absolute Gasteiger partial charge is 0.326 e. The predicted molar refractivity (Wildman–Crippen MR) is 105 cm³/mol. The molecule has 24 heavy (non-hydrogen) atoms. The Balaban J connectivity index is 1.63. The number of benzene rings is 1. The first-order valence-corrected chi connectivity index (χ1v) is 9.75. The molecule has 0 aliphatic carbocycles. The zero-order valence-corrected chi connectivity index (χ0v) is 16.0. The number of nitrogens with one attached hydrogen (secondary N) is 1. The maximum Gasteiger partial charge on any atom is 0.241 e. The minimum atomic E-state index is -0.0114. The van der Waals surface area contributed by atoms with Crippen molar-refractivity contribution < 1.29 is 9.59 Å². The minimum Gasteiger partial charge on any atom is -0.326 e. The normalized spacial score (nSPS) is 17.4. The van der Waals surface area contributed by atoms with Crippen molar-refractivity contribution in [3.63, 3.8) is 0 Å². The lowest BCUT2D eigenvalue weighted by molar-refractivity contribution is -0.126. The van der Waals surface area contributed by atoms with Gasteiger partial charge in [0.25, 0.3) is 0 Å². The van der Waals surface area contributed by atoms with Gasteiger partial charge in [-0.2, -0.15) is 0 Å². The number of halogens is 1. The van der Waals surface area contributed by atoms with Gasteiger partial charge in [-0.3, -0.25) is 14.5 Å². The van der Waals surface area contributed by atoms with Crippen molar-refractivity contribution in [3.05, 3.63) is 29.3 Å². The molecule has 0 bridgehead atoms. The van der Waals surface area contributed by atoms with Crippen LogP contribution >= 0.6 is 35.6 Å². The van der Waals surface area contributed by atoms with Gasteiger partial charge in [-0.15, -0.1) is 0 Å². The first kappa shape index (κ1) is 19.2. The van der Waals surface area contributed by atoms with E-state index in [-0.39, 0.29) is 17.1 Å². The average molecular weight is 385 g/mol. The second-order valence-electron chi connectivity index (χ2n) is 5.64. The van der Waals surface area contributed by atoms with Gasteiger partial charge in [0, 0.05) is 23.7 Å². The zero-order chi connectivity index (χ0) is 17.5. The van der Waals surface area contributed by atoms with Gasteiger partial charge in [0.05, 0.1) is 5.25 Å². The molecule has 1 atom stereocenters. The van der Waals surface area contributed by atoms with E-state index in [4.69, 9.17) is 23.8 Å². The Labute approximate surface area is 157 Å². The molecule has 0 aromatic heterocycles. The Morgan fingerprint density at radius 3 is 2.62 bits per heavy atom. The molecule has 1 fully saturated rings. The monoisotopic (exact) mass is 384 g/mol. The number of nitrogens with zero attached hydrogens (tertiary/aromatic N) is 1. The number of thiocarbonyl (C=S) groups is 1. The summed E-state index contributed by atoms with van der Waals surface area (Å²) in [5, 5.41) is 3.48. The molecular formula is C17H21ClN2O2S2. The summed E-state index contributed by atoms with van der Waals surface area (Å²) in [6.45, 7) is 2.65. The van der Waals surface area contributed by atoms with Crippen molar-refractivity contribution in [1.82, 2.24) is 4.90 Å². The molecule has 1 aliphatic heterocycles. The summed E-state index contributed by atoms with van der Waals surface area (Å²) in [5.41, 5.74) is 0.750. The fraction of sp³-hybridized carbons (Fsp3) is 0.471. The Morgan fingerprint density at radius 1 is 1.29 bits per heavy atom. The molecule has 2 amide bonds. The Bertz CT molecular complexity index is 607. The van der Waals surface area contributed by atoms with Crippen molar-refractivity contribution in [2.75, 3.05) is 11.9 Å². The molecule has 7 heteroatoms. The van der Waals surface area contributed by atoms with Crippen molar-refractivity contribution in [3.8, 4) is 0 Å². The van der Waals surface area contributed by atoms with E-state index < -0.39 is 0 Å². The number of carbonyl (C=O) groups excluding carboxylic acids is 2. The van der Waals surface area contributed by atoms with Crippen LogP contribution < -0.4 is 5.32 Å². The first-order valence-electron chi connectivity index (χ1n) is 8.08. The first-order chi connectivity index (χ1) is 11.5. The molecule has 2 rings (SSSR count). The number of rotatable bonds is 8. The van der Waals surface area contributed by atoms with E-state index in [2.05, 4.69) is 5.32 Å². The molecule has 0 saturated carbocycles. The Morgan fingerprint density at radius 2 is 2.00 bits per heavy atom. The number of thioether (sulfide) groups is 1. The standard InChI is InChI=1S/C17H21ClN2O2S2/c1-2-14-16(22)20(17(23)24-14)11-5-3-4-6-15(21)19-13-9-7-12(18)8-10-13/h7-10,14H,2-6,11H2,1H3,(H,19,21). The maximum absolute atomic E-state index is 12.1. The summed E-state index contributed by atoms with van der Waals surface area (Å²) < 4.78 is 0.687. The van der Waals surface area contributed by atoms with Gasteiger partial charge in [0.2, 0.25) is 11.8 Å². The fourth-order valence-corrected chi connectivity index (χ4v) is 4.05. The van der Waals surface area contributed by atoms with E-state index in [0.29, 0.717) is 22.3 Å². The number of hydrogen-bond donors (Lipinski definition) is 1. The van der Waals surface area contributed by atoms with Crippen LogP contribution in [0.25, 0.3) is 0 Å². The van der Waals surface area contributed by atoms with Crippen molar-refractivity contribution in [1.29, 1.82) is 0 Å². The van der Waals surface area contributed by atoms with Crippen molar-refractivity contribution in [2.45, 2.75) is 44.3 Å². The van der Waals surface area contributed by atoms with Crippen LogP contribution in [-0.2, 0) is 9.59 Å². The van der Waals surface area contributed by atoms with E-state index in [1.807, 2.05) is 6.92 Å². The number of amides is 2. The van der Waals surface area contributed by atoms with Crippen LogP contribution in [0, 0.1) is 0 Å². The third kappa shape index (κ3) is 5.46. The predicted octanol–water partition coefficient (Wildman–Crippen LogP) is 4.48. The zero-order valence-electron chi connectivity index (χ0n) is 13.6. The molecular weight excluding hydrogens is 364 g/mol. The molecule has 1 N–H and O–H groups in total. The SMILES string of the molecule is CCC1SC(=S)N(CCCCCC(=O)Nc2ccc(Cl)cc2)C1=O. The highest BCUT2D eigenvalue weighted by molar-refractivity contribution is 8.24. The third-order valence-electron chi connectivity index (χ3n) is 3.79. The number of hydrogen-bond acceptors (Lipinski definition) is 4. The molecule has 1 aliphatic rings. The second kappa shape index (κ2) is 9.39. The van der Waals surface area contributed by atoms with Crippen molar-refractivity contribution in [2.24, 2.45) is 0 Å². The number of unbranched alkanes of at least 4 members (excludes halogenated alkanes) is 2. The smallest absolute Gasteiger partial charge is 0.241 e. The molecule has 1 aromatic carbocycles. The Kier molecular flexibility index (Phi) is 7.52. The van der Waals surface area contributed by atoms with Gasteiger partial charge >= 0.3 is 0 Å². The van der Waals surface area contributed by atoms with Crippen LogP contribution in [0.3, 0.4) is 0 Å². The summed E-state index contributed by atoms with van der Waals surface area (Å²) in [6, 6.07) is 7.05. The van der Waals surface area contributed by atoms with E-state index in [9.17, 15) is 9.59 Å². The van der Waals surface area contributed by atoms with Crippen LogP contribution in [0.2, 0.25) is 5.02 Å². The number of anilines is 1. The van der Waals surface area contributed by atoms with Crippen LogP contribution in [-0.4, -0.2) is 32.8 Å². The van der Waals surface area contributed by atoms with Crippen molar-refractivity contribution >= 4 is 57.4 Å². The van der Waals surface area contributed by atoms with Crippen LogP contribution in [0.1, 0.15) is 39.0 Å². The highest BCUT2D eigenvalue weighted by Crippen LogP contribution is 2.29. The highest BCUT2D eigenvalue weighted by Gasteiger charge is 2.34. The molecule has 1 unspecified atom stereocenters. The lowest BCUT2D eigenvalue weighted by atomic mass is 10.1. The maximum atomic E-state index is 12.1. The van der Waals surface area contributed by atoms with Gasteiger partial charge in [-0.25, -0.2) is 0 Å². The summed E-state index contributed by atoms with van der Waals surface area (Å²) in [5.74, 6) is 0.125. The molecule has 0 spiro atoms. The van der Waals surface area contributed by atoms with Gasteiger partial charge in [0.1, 0.15) is 4.32 Å². The lowest BCUT2D eigenvalue weighted by Crippen LogP contribution is -2.32. The number of carbonyl (C=O) groups is 2. The van der Waals surface area contributed by atoms with Gasteiger partial charge in [-0.05, 0) is 43.5 Å². The molecule has 1 aromatic rings. The van der Waals surface area contributed by atoms with Gasteiger partial charge in [0.15, 0.2) is 0 Å². The molecule has 130 valence electrons. The van der Waals surface area contributed by atoms with E-state index in [1.54, 1.807) is 29.2 Å². The van der Waals surface area contributed by atoms with Crippen LogP contribution in [0.15, 0.2) is 24.3 Å². The van der Waals surface area contributed by atoms with E-state index in [0.717, 1.165) is 31.4 Å². The summed E-state index contributed by atoms with van der Waals surface area (Å²) >= 11 is 12.6. The molecule has 1 heterocycles.